The Hall–Kier alpha value is -1.78. The number of ether oxygens (including phenoxy) is 1. The molecule has 24 heavy (non-hydrogen) atoms. The van der Waals surface area contributed by atoms with Crippen molar-refractivity contribution in [2.45, 2.75) is 39.0 Å². The van der Waals surface area contributed by atoms with Gasteiger partial charge in [-0.25, -0.2) is 0 Å². The van der Waals surface area contributed by atoms with E-state index in [1.54, 1.807) is 0 Å². The van der Waals surface area contributed by atoms with Crippen LogP contribution in [0.1, 0.15) is 36.1 Å². The highest BCUT2D eigenvalue weighted by molar-refractivity contribution is 7.80. The van der Waals surface area contributed by atoms with Crippen molar-refractivity contribution in [3.8, 4) is 5.75 Å². The first-order valence-corrected chi connectivity index (χ1v) is 8.82. The van der Waals surface area contributed by atoms with Crippen molar-refractivity contribution in [1.82, 2.24) is 5.32 Å². The van der Waals surface area contributed by atoms with Gasteiger partial charge in [0.1, 0.15) is 5.75 Å². The van der Waals surface area contributed by atoms with Gasteiger partial charge >= 0.3 is 0 Å². The number of anilines is 1. The number of nitrogens with zero attached hydrogens (tertiary/aromatic N) is 1. The molecule has 1 fully saturated rings. The number of benzene rings is 2. The summed E-state index contributed by atoms with van der Waals surface area (Å²) in [4.78, 5) is 2.07. The normalized spacial score (nSPS) is 24.9. The van der Waals surface area contributed by atoms with Gasteiger partial charge in [0.25, 0.3) is 0 Å². The molecule has 2 aromatic rings. The van der Waals surface area contributed by atoms with Gasteiger partial charge in [-0.2, -0.15) is 0 Å². The molecule has 0 radical (unpaired) electrons. The van der Waals surface area contributed by atoms with Crippen LogP contribution in [0, 0.1) is 13.8 Å². The summed E-state index contributed by atoms with van der Waals surface area (Å²) in [5, 5.41) is 4.78. The Bertz CT molecular complexity index is 833. The minimum absolute atomic E-state index is 0.118. The molecule has 124 valence electrons. The molecule has 2 atom stereocenters. The van der Waals surface area contributed by atoms with Gasteiger partial charge in [0.15, 0.2) is 10.8 Å². The molecule has 2 aliphatic heterocycles. The number of aryl methyl sites for hydroxylation is 2. The second kappa shape index (κ2) is 5.36. The molecular weight excluding hydrogens is 340 g/mol. The van der Waals surface area contributed by atoms with Crippen LogP contribution < -0.4 is 15.0 Å². The van der Waals surface area contributed by atoms with E-state index in [0.717, 1.165) is 23.4 Å². The zero-order chi connectivity index (χ0) is 17.1. The number of nitrogens with one attached hydrogen (secondary N) is 1. The molecule has 2 aliphatic rings. The van der Waals surface area contributed by atoms with Crippen molar-refractivity contribution in [1.29, 1.82) is 0 Å². The lowest BCUT2D eigenvalue weighted by Gasteiger charge is -2.52. The zero-order valence-corrected chi connectivity index (χ0v) is 15.5. The lowest BCUT2D eigenvalue weighted by Crippen LogP contribution is -2.65. The maximum atomic E-state index is 6.40. The predicted octanol–water partition coefficient (Wildman–Crippen LogP) is 4.89. The number of rotatable bonds is 1. The second-order valence-electron chi connectivity index (χ2n) is 6.82. The fraction of sp³-hybridized carbons (Fsp3) is 0.316. The first kappa shape index (κ1) is 15.7. The number of hydrogen-bond donors (Lipinski definition) is 1. The number of hydrogen-bond acceptors (Lipinski definition) is 2. The van der Waals surface area contributed by atoms with Gasteiger partial charge in [0, 0.05) is 17.7 Å². The average molecular weight is 359 g/mol. The highest BCUT2D eigenvalue weighted by atomic mass is 35.5. The van der Waals surface area contributed by atoms with Gasteiger partial charge in [-0.05, 0) is 62.3 Å². The maximum Gasteiger partial charge on any atom is 0.188 e. The number of para-hydroxylation sites is 1. The minimum atomic E-state index is -0.564. The van der Waals surface area contributed by atoms with E-state index < -0.39 is 5.72 Å². The van der Waals surface area contributed by atoms with E-state index in [4.69, 9.17) is 28.6 Å². The summed E-state index contributed by atoms with van der Waals surface area (Å²) in [6.45, 7) is 6.27. The Labute approximate surface area is 152 Å². The zero-order valence-electron chi connectivity index (χ0n) is 13.9. The van der Waals surface area contributed by atoms with Crippen molar-refractivity contribution in [3.63, 3.8) is 0 Å². The average Bonchev–Trinajstić information content (AvgIpc) is 2.46. The van der Waals surface area contributed by atoms with E-state index in [0.29, 0.717) is 10.1 Å². The Morgan fingerprint density at radius 3 is 2.67 bits per heavy atom. The Balaban J connectivity index is 1.84. The Morgan fingerprint density at radius 2 is 1.96 bits per heavy atom. The fourth-order valence-electron chi connectivity index (χ4n) is 3.82. The molecule has 0 amide bonds. The molecule has 1 saturated heterocycles. The largest absolute Gasteiger partial charge is 0.466 e. The van der Waals surface area contributed by atoms with Crippen LogP contribution in [-0.4, -0.2) is 10.8 Å². The van der Waals surface area contributed by atoms with Crippen LogP contribution in [0.4, 0.5) is 5.69 Å². The summed E-state index contributed by atoms with van der Waals surface area (Å²) in [6, 6.07) is 12.4. The third kappa shape index (κ3) is 2.36. The van der Waals surface area contributed by atoms with E-state index in [-0.39, 0.29) is 6.04 Å². The van der Waals surface area contributed by atoms with Crippen molar-refractivity contribution in [2.75, 3.05) is 4.90 Å². The SMILES string of the molecule is Cc1cc(C)cc(N2C(=S)N[C@H]3C[C@@]2(C)Oc2c(Cl)cccc23)c1. The third-order valence-electron chi connectivity index (χ3n) is 4.72. The van der Waals surface area contributed by atoms with Crippen LogP contribution in [-0.2, 0) is 0 Å². The predicted molar refractivity (Wildman–Crippen MR) is 102 cm³/mol. The number of fused-ring (bicyclic) bond motifs is 4. The van der Waals surface area contributed by atoms with Crippen molar-refractivity contribution >= 4 is 34.6 Å². The summed E-state index contributed by atoms with van der Waals surface area (Å²) in [7, 11) is 0. The van der Waals surface area contributed by atoms with E-state index in [1.807, 2.05) is 18.2 Å². The third-order valence-corrected chi connectivity index (χ3v) is 5.31. The smallest absolute Gasteiger partial charge is 0.188 e. The van der Waals surface area contributed by atoms with Crippen LogP contribution in [0.25, 0.3) is 0 Å². The topological polar surface area (TPSA) is 24.5 Å². The molecular formula is C19H19ClN2OS. The Morgan fingerprint density at radius 1 is 1.25 bits per heavy atom. The molecule has 4 rings (SSSR count). The standard InChI is InChI=1S/C19H19ClN2OS/c1-11-7-12(2)9-13(8-11)22-18(24)21-16-10-19(22,3)23-17-14(16)5-4-6-15(17)20/h4-9,16H,10H2,1-3H3,(H,21,24)/t16-,19+/m0/s1. The summed E-state index contributed by atoms with van der Waals surface area (Å²) >= 11 is 12.1. The molecule has 2 bridgehead atoms. The van der Waals surface area contributed by atoms with E-state index >= 15 is 0 Å². The molecule has 2 heterocycles. The van der Waals surface area contributed by atoms with Gasteiger partial charge in [0.05, 0.1) is 11.1 Å². The van der Waals surface area contributed by atoms with Crippen LogP contribution >= 0.6 is 23.8 Å². The molecule has 0 unspecified atom stereocenters. The number of halogens is 1. The summed E-state index contributed by atoms with van der Waals surface area (Å²) in [5.74, 6) is 0.752. The lowest BCUT2D eigenvalue weighted by atomic mass is 9.90. The first-order chi connectivity index (χ1) is 11.4. The minimum Gasteiger partial charge on any atom is -0.466 e. The quantitative estimate of drug-likeness (QED) is 0.733. The van der Waals surface area contributed by atoms with Crippen LogP contribution in [0.3, 0.4) is 0 Å². The van der Waals surface area contributed by atoms with E-state index in [2.05, 4.69) is 49.2 Å². The molecule has 5 heteroatoms. The fourth-order valence-corrected chi connectivity index (χ4v) is 4.48. The summed E-state index contributed by atoms with van der Waals surface area (Å²) < 4.78 is 6.40. The second-order valence-corrected chi connectivity index (χ2v) is 7.62. The van der Waals surface area contributed by atoms with E-state index in [1.165, 1.54) is 11.1 Å². The maximum absolute atomic E-state index is 6.40. The van der Waals surface area contributed by atoms with Gasteiger partial charge in [-0.1, -0.05) is 29.8 Å². The molecule has 0 aliphatic carbocycles. The van der Waals surface area contributed by atoms with Gasteiger partial charge in [-0.15, -0.1) is 0 Å². The van der Waals surface area contributed by atoms with Gasteiger partial charge < -0.3 is 10.1 Å². The molecule has 3 nitrogen and oxygen atoms in total. The Kier molecular flexibility index (Phi) is 3.52. The molecule has 1 N–H and O–H groups in total. The summed E-state index contributed by atoms with van der Waals surface area (Å²) in [6.07, 6.45) is 0.799. The molecule has 0 spiro atoms. The van der Waals surface area contributed by atoms with Crippen molar-refractivity contribution in [2.24, 2.45) is 0 Å². The molecule has 0 aromatic heterocycles. The molecule has 2 aromatic carbocycles. The first-order valence-electron chi connectivity index (χ1n) is 8.04. The highest BCUT2D eigenvalue weighted by Gasteiger charge is 2.48. The van der Waals surface area contributed by atoms with Crippen LogP contribution in [0.5, 0.6) is 5.75 Å². The van der Waals surface area contributed by atoms with Gasteiger partial charge in [0.2, 0.25) is 0 Å². The summed E-state index contributed by atoms with van der Waals surface area (Å²) in [5.41, 5.74) is 3.95. The van der Waals surface area contributed by atoms with Gasteiger partial charge in [-0.3, -0.25) is 4.90 Å². The van der Waals surface area contributed by atoms with Crippen LogP contribution in [0.2, 0.25) is 5.02 Å². The van der Waals surface area contributed by atoms with E-state index in [9.17, 15) is 0 Å². The van der Waals surface area contributed by atoms with Crippen molar-refractivity contribution in [3.05, 3.63) is 58.1 Å². The highest BCUT2D eigenvalue weighted by Crippen LogP contribution is 2.48. The lowest BCUT2D eigenvalue weighted by molar-refractivity contribution is 0.0499. The number of thiocarbonyl (C=S) groups is 1. The monoisotopic (exact) mass is 358 g/mol. The van der Waals surface area contributed by atoms with Crippen molar-refractivity contribution < 1.29 is 4.74 Å². The van der Waals surface area contributed by atoms with Crippen LogP contribution in [0.15, 0.2) is 36.4 Å². The molecule has 0 saturated carbocycles.